The molecular weight excluding hydrogens is 238 g/mol. The number of esters is 1. The molecule has 1 heterocycles. The molecule has 2 atom stereocenters. The summed E-state index contributed by atoms with van der Waals surface area (Å²) in [6.07, 6.45) is 3.00. The summed E-state index contributed by atoms with van der Waals surface area (Å²) in [7, 11) is 2.59. The first-order valence-corrected chi connectivity index (χ1v) is 6.16. The number of ether oxygens (including phenoxy) is 3. The molecule has 1 aliphatic carbocycles. The van der Waals surface area contributed by atoms with Gasteiger partial charge in [0, 0.05) is 6.61 Å². The lowest BCUT2D eigenvalue weighted by Gasteiger charge is -2.33. The number of methoxy groups -OCH3 is 2. The van der Waals surface area contributed by atoms with Crippen LogP contribution in [-0.2, 0) is 19.0 Å². The average molecular weight is 257 g/mol. The van der Waals surface area contributed by atoms with E-state index in [0.29, 0.717) is 6.61 Å². The second kappa shape index (κ2) is 5.14. The van der Waals surface area contributed by atoms with Crippen molar-refractivity contribution < 1.29 is 23.8 Å². The summed E-state index contributed by atoms with van der Waals surface area (Å²) >= 11 is 0. The van der Waals surface area contributed by atoms with Crippen molar-refractivity contribution in [3.8, 4) is 0 Å². The molecule has 6 heteroatoms. The Morgan fingerprint density at radius 2 is 2.06 bits per heavy atom. The summed E-state index contributed by atoms with van der Waals surface area (Å²) < 4.78 is 15.0. The molecule has 2 aliphatic rings. The lowest BCUT2D eigenvalue weighted by atomic mass is 9.87. The second-order valence-electron chi connectivity index (χ2n) is 4.92. The van der Waals surface area contributed by atoms with E-state index in [1.807, 2.05) is 0 Å². The van der Waals surface area contributed by atoms with Crippen molar-refractivity contribution in [3.05, 3.63) is 0 Å². The van der Waals surface area contributed by atoms with Crippen molar-refractivity contribution in [3.63, 3.8) is 0 Å². The van der Waals surface area contributed by atoms with Gasteiger partial charge >= 0.3 is 12.1 Å². The Morgan fingerprint density at radius 1 is 1.33 bits per heavy atom. The van der Waals surface area contributed by atoms with Gasteiger partial charge in [0.05, 0.1) is 19.8 Å². The van der Waals surface area contributed by atoms with E-state index in [1.54, 1.807) is 0 Å². The van der Waals surface area contributed by atoms with Crippen molar-refractivity contribution in [1.82, 2.24) is 5.32 Å². The van der Waals surface area contributed by atoms with Gasteiger partial charge in [-0.2, -0.15) is 0 Å². The van der Waals surface area contributed by atoms with Crippen LogP contribution in [0.4, 0.5) is 4.79 Å². The topological polar surface area (TPSA) is 73.9 Å². The molecule has 1 N–H and O–H groups in total. The van der Waals surface area contributed by atoms with Crippen LogP contribution in [-0.4, -0.2) is 44.5 Å². The van der Waals surface area contributed by atoms with Crippen molar-refractivity contribution in [1.29, 1.82) is 0 Å². The van der Waals surface area contributed by atoms with Gasteiger partial charge in [0.1, 0.15) is 6.04 Å². The molecule has 1 spiro atoms. The molecule has 0 unspecified atom stereocenters. The first-order valence-electron chi connectivity index (χ1n) is 6.16. The van der Waals surface area contributed by atoms with E-state index in [-0.39, 0.29) is 11.5 Å². The zero-order valence-corrected chi connectivity index (χ0v) is 10.7. The zero-order chi connectivity index (χ0) is 13.2. The van der Waals surface area contributed by atoms with Gasteiger partial charge in [-0.15, -0.1) is 0 Å². The highest BCUT2D eigenvalue weighted by Gasteiger charge is 2.50. The molecule has 102 valence electrons. The fourth-order valence-electron chi connectivity index (χ4n) is 2.52. The summed E-state index contributed by atoms with van der Waals surface area (Å²) in [5, 5.41) is 2.56. The highest BCUT2D eigenvalue weighted by Crippen LogP contribution is 2.48. The van der Waals surface area contributed by atoms with Crippen LogP contribution in [0.3, 0.4) is 0 Å². The largest absolute Gasteiger partial charge is 0.467 e. The van der Waals surface area contributed by atoms with Crippen LogP contribution in [0.2, 0.25) is 0 Å². The smallest absolute Gasteiger partial charge is 0.407 e. The molecule has 0 aromatic heterocycles. The van der Waals surface area contributed by atoms with Gasteiger partial charge in [-0.3, -0.25) is 0 Å². The Labute approximate surface area is 106 Å². The number of hydrogen-bond acceptors (Lipinski definition) is 5. The van der Waals surface area contributed by atoms with E-state index in [2.05, 4.69) is 10.1 Å². The standard InChI is InChI=1S/C12H19NO5/c1-16-10(14)9(13-11(15)17-2)8-3-6-18-12(7-8)4-5-12/h8-9H,3-7H2,1-2H3,(H,13,15)/t8-,9+/m1/s1. The third-order valence-electron chi connectivity index (χ3n) is 3.72. The van der Waals surface area contributed by atoms with Gasteiger partial charge in [0.25, 0.3) is 0 Å². The van der Waals surface area contributed by atoms with Crippen molar-refractivity contribution in [2.24, 2.45) is 5.92 Å². The number of rotatable bonds is 3. The number of carbonyl (C=O) groups excluding carboxylic acids is 2. The molecule has 0 bridgehead atoms. The van der Waals surface area contributed by atoms with E-state index in [1.165, 1.54) is 14.2 Å². The van der Waals surface area contributed by atoms with Crippen LogP contribution in [0.5, 0.6) is 0 Å². The zero-order valence-electron chi connectivity index (χ0n) is 10.7. The van der Waals surface area contributed by atoms with Crippen LogP contribution in [0.15, 0.2) is 0 Å². The van der Waals surface area contributed by atoms with Crippen LogP contribution >= 0.6 is 0 Å². The van der Waals surface area contributed by atoms with E-state index in [9.17, 15) is 9.59 Å². The number of alkyl carbamates (subject to hydrolysis) is 1. The maximum absolute atomic E-state index is 11.8. The Kier molecular flexibility index (Phi) is 3.75. The monoisotopic (exact) mass is 257 g/mol. The second-order valence-corrected chi connectivity index (χ2v) is 4.92. The van der Waals surface area contributed by atoms with E-state index in [0.717, 1.165) is 25.7 Å². The van der Waals surface area contributed by atoms with Gasteiger partial charge in [0.2, 0.25) is 0 Å². The summed E-state index contributed by atoms with van der Waals surface area (Å²) in [6.45, 7) is 0.626. The van der Waals surface area contributed by atoms with Crippen LogP contribution in [0.1, 0.15) is 25.7 Å². The molecule has 0 aromatic rings. The molecule has 0 radical (unpaired) electrons. The Bertz CT molecular complexity index is 339. The molecular formula is C12H19NO5. The third kappa shape index (κ3) is 2.75. The molecule has 1 saturated heterocycles. The SMILES string of the molecule is COC(=O)N[C@H](C(=O)OC)[C@@H]1CCOC2(CC2)C1. The highest BCUT2D eigenvalue weighted by atomic mass is 16.5. The minimum atomic E-state index is -0.649. The number of carbonyl (C=O) groups is 2. The molecule has 18 heavy (non-hydrogen) atoms. The van der Waals surface area contributed by atoms with Crippen LogP contribution < -0.4 is 5.32 Å². The Morgan fingerprint density at radius 3 is 2.61 bits per heavy atom. The molecule has 1 saturated carbocycles. The highest BCUT2D eigenvalue weighted by molar-refractivity contribution is 5.81. The summed E-state index contributed by atoms with van der Waals surface area (Å²) in [6, 6.07) is -0.649. The number of amides is 1. The van der Waals surface area contributed by atoms with E-state index in [4.69, 9.17) is 9.47 Å². The summed E-state index contributed by atoms with van der Waals surface area (Å²) in [5.41, 5.74) is -0.0486. The molecule has 2 fully saturated rings. The molecule has 2 rings (SSSR count). The lowest BCUT2D eigenvalue weighted by molar-refractivity contribution is -0.146. The quantitative estimate of drug-likeness (QED) is 0.758. The van der Waals surface area contributed by atoms with Crippen molar-refractivity contribution in [2.75, 3.05) is 20.8 Å². The first kappa shape index (κ1) is 13.1. The minimum Gasteiger partial charge on any atom is -0.467 e. The molecule has 1 aliphatic heterocycles. The van der Waals surface area contributed by atoms with E-state index >= 15 is 0 Å². The van der Waals surface area contributed by atoms with Gasteiger partial charge in [-0.25, -0.2) is 9.59 Å². The Balaban J connectivity index is 2.02. The van der Waals surface area contributed by atoms with Gasteiger partial charge in [-0.05, 0) is 31.6 Å². The predicted molar refractivity (Wildman–Crippen MR) is 62.0 cm³/mol. The average Bonchev–Trinajstić information content (AvgIpc) is 3.13. The van der Waals surface area contributed by atoms with Crippen LogP contribution in [0.25, 0.3) is 0 Å². The van der Waals surface area contributed by atoms with Gasteiger partial charge in [-0.1, -0.05) is 0 Å². The summed E-state index contributed by atoms with van der Waals surface area (Å²) in [4.78, 5) is 23.1. The fourth-order valence-corrected chi connectivity index (χ4v) is 2.52. The number of hydrogen-bond donors (Lipinski definition) is 1. The minimum absolute atomic E-state index is 0.0486. The first-order chi connectivity index (χ1) is 8.60. The van der Waals surface area contributed by atoms with Crippen molar-refractivity contribution in [2.45, 2.75) is 37.3 Å². The van der Waals surface area contributed by atoms with Gasteiger partial charge in [0.15, 0.2) is 0 Å². The predicted octanol–water partition coefficient (Wildman–Crippen LogP) is 0.843. The Hall–Kier alpha value is -1.30. The summed E-state index contributed by atoms with van der Waals surface area (Å²) in [5.74, 6) is -0.379. The third-order valence-corrected chi connectivity index (χ3v) is 3.72. The number of nitrogens with one attached hydrogen (secondary N) is 1. The molecule has 1 amide bonds. The van der Waals surface area contributed by atoms with E-state index < -0.39 is 18.1 Å². The maximum Gasteiger partial charge on any atom is 0.407 e. The fraction of sp³-hybridized carbons (Fsp3) is 0.833. The maximum atomic E-state index is 11.8. The van der Waals surface area contributed by atoms with Crippen molar-refractivity contribution >= 4 is 12.1 Å². The molecule has 6 nitrogen and oxygen atoms in total. The normalized spacial score (nSPS) is 26.2. The van der Waals surface area contributed by atoms with Crippen LogP contribution in [0, 0.1) is 5.92 Å². The lowest BCUT2D eigenvalue weighted by Crippen LogP contribution is -2.49. The van der Waals surface area contributed by atoms with Gasteiger partial charge < -0.3 is 19.5 Å². The molecule has 0 aromatic carbocycles.